The smallest absolute Gasteiger partial charge is 0.319 e. The summed E-state index contributed by atoms with van der Waals surface area (Å²) in [6.07, 6.45) is 12.4. The fraction of sp³-hybridized carbons (Fsp3) is 0.429. The Morgan fingerprint density at radius 1 is 1.18 bits per heavy atom. The summed E-state index contributed by atoms with van der Waals surface area (Å²) in [6.45, 7) is 3.69. The maximum atomic E-state index is 17.2. The standard InChI is InChI=1S/C35H33ClFN5O3/c1-2-19-6-3-7-20-14-22(43)15-23(26(19)20)27-29(36)32-28-31(30(27)37)39-34(45-18-35-10-4-12-41(35)13-5-11-35)40-33(28)42-16-21-8-9-24(38-21)25(42)17-44-32/h1,3,6-7,14-15,21,24-25,38,43H,4-5,8-13,16-18H2. The van der Waals surface area contributed by atoms with Gasteiger partial charge in [0.2, 0.25) is 0 Å². The van der Waals surface area contributed by atoms with Crippen molar-refractivity contribution >= 4 is 39.1 Å². The van der Waals surface area contributed by atoms with Gasteiger partial charge in [-0.3, -0.25) is 4.90 Å². The van der Waals surface area contributed by atoms with Crippen LogP contribution in [0.15, 0.2) is 30.3 Å². The number of rotatable bonds is 4. The van der Waals surface area contributed by atoms with E-state index in [1.165, 1.54) is 6.07 Å². The number of phenolic OH excluding ortho intramolecular Hbond substituents is 1. The van der Waals surface area contributed by atoms with Crippen molar-refractivity contribution in [1.29, 1.82) is 0 Å². The summed E-state index contributed by atoms with van der Waals surface area (Å²) in [5.74, 6) is 2.98. The van der Waals surface area contributed by atoms with Gasteiger partial charge in [0.1, 0.15) is 30.3 Å². The number of aromatic nitrogens is 2. The lowest BCUT2D eigenvalue weighted by atomic mass is 9.93. The van der Waals surface area contributed by atoms with Crippen LogP contribution in [0.3, 0.4) is 0 Å². The monoisotopic (exact) mass is 625 g/mol. The van der Waals surface area contributed by atoms with Crippen molar-refractivity contribution < 1.29 is 19.0 Å². The molecular weight excluding hydrogens is 593 g/mol. The number of aromatic hydroxyl groups is 1. The van der Waals surface area contributed by atoms with Gasteiger partial charge in [-0.05, 0) is 80.8 Å². The van der Waals surface area contributed by atoms with E-state index in [9.17, 15) is 5.11 Å². The van der Waals surface area contributed by atoms with Crippen LogP contribution in [-0.2, 0) is 0 Å². The summed E-state index contributed by atoms with van der Waals surface area (Å²) in [5.41, 5.74) is 1.08. The molecule has 3 aromatic carbocycles. The number of ether oxygens (including phenoxy) is 2. The van der Waals surface area contributed by atoms with Gasteiger partial charge in [0.25, 0.3) is 0 Å². The van der Waals surface area contributed by atoms with E-state index >= 15 is 4.39 Å². The number of nitrogens with one attached hydrogen (secondary N) is 1. The molecule has 0 aliphatic carbocycles. The van der Waals surface area contributed by atoms with E-state index < -0.39 is 5.82 Å². The first-order chi connectivity index (χ1) is 21.9. The summed E-state index contributed by atoms with van der Waals surface area (Å²) in [5, 5.41) is 16.3. The Bertz CT molecular complexity index is 1940. The molecule has 0 radical (unpaired) electrons. The number of hydrogen-bond acceptors (Lipinski definition) is 8. The van der Waals surface area contributed by atoms with Crippen LogP contribution in [0.25, 0.3) is 32.8 Å². The number of benzene rings is 3. The number of hydrogen-bond donors (Lipinski definition) is 2. The van der Waals surface area contributed by atoms with E-state index in [4.69, 9.17) is 37.5 Å². The van der Waals surface area contributed by atoms with Gasteiger partial charge in [0.05, 0.1) is 22.0 Å². The van der Waals surface area contributed by atoms with Crippen molar-refractivity contribution in [2.24, 2.45) is 0 Å². The molecule has 9 rings (SSSR count). The summed E-state index contributed by atoms with van der Waals surface area (Å²) in [4.78, 5) is 14.5. The number of fused-ring (bicyclic) bond motifs is 7. The number of anilines is 1. The maximum Gasteiger partial charge on any atom is 0.319 e. The highest BCUT2D eigenvalue weighted by atomic mass is 35.5. The first-order valence-electron chi connectivity index (χ1n) is 15.9. The topological polar surface area (TPSA) is 83.0 Å². The third-order valence-corrected chi connectivity index (χ3v) is 11.2. The molecule has 4 fully saturated rings. The summed E-state index contributed by atoms with van der Waals surface area (Å²) >= 11 is 7.15. The van der Waals surface area contributed by atoms with Crippen LogP contribution in [0.4, 0.5) is 10.2 Å². The van der Waals surface area contributed by atoms with Crippen molar-refractivity contribution in [3.63, 3.8) is 0 Å². The number of halogens is 2. The Morgan fingerprint density at radius 2 is 2.02 bits per heavy atom. The van der Waals surface area contributed by atoms with Crippen LogP contribution >= 0.6 is 11.6 Å². The number of piperazine rings is 1. The van der Waals surface area contributed by atoms with Gasteiger partial charge in [0, 0.05) is 35.1 Å². The highest BCUT2D eigenvalue weighted by Crippen LogP contribution is 2.51. The zero-order valence-corrected chi connectivity index (χ0v) is 25.5. The van der Waals surface area contributed by atoms with Crippen molar-refractivity contribution in [1.82, 2.24) is 20.2 Å². The molecule has 4 aromatic rings. The molecule has 45 heavy (non-hydrogen) atoms. The lowest BCUT2D eigenvalue weighted by Crippen LogP contribution is -2.60. The van der Waals surface area contributed by atoms with Gasteiger partial charge in [-0.1, -0.05) is 29.7 Å². The predicted molar refractivity (Wildman–Crippen MR) is 172 cm³/mol. The number of phenols is 1. The molecule has 3 unspecified atom stereocenters. The molecule has 8 nitrogen and oxygen atoms in total. The minimum Gasteiger partial charge on any atom is -0.508 e. The predicted octanol–water partition coefficient (Wildman–Crippen LogP) is 5.64. The quantitative estimate of drug-likeness (QED) is 0.282. The highest BCUT2D eigenvalue weighted by Gasteiger charge is 2.46. The van der Waals surface area contributed by atoms with E-state index in [-0.39, 0.29) is 45.5 Å². The molecule has 2 bridgehead atoms. The first kappa shape index (κ1) is 27.5. The van der Waals surface area contributed by atoms with Crippen molar-refractivity contribution in [3.05, 3.63) is 46.7 Å². The van der Waals surface area contributed by atoms with Gasteiger partial charge < -0.3 is 24.8 Å². The van der Waals surface area contributed by atoms with E-state index in [0.29, 0.717) is 58.1 Å². The molecule has 3 atom stereocenters. The van der Waals surface area contributed by atoms with Crippen LogP contribution in [-0.4, -0.2) is 76.5 Å². The minimum absolute atomic E-state index is 0.0157. The highest BCUT2D eigenvalue weighted by molar-refractivity contribution is 6.37. The minimum atomic E-state index is -0.632. The van der Waals surface area contributed by atoms with Crippen LogP contribution < -0.4 is 19.7 Å². The molecule has 5 aliphatic rings. The van der Waals surface area contributed by atoms with Crippen LogP contribution in [0.5, 0.6) is 17.5 Å². The van der Waals surface area contributed by atoms with Crippen LogP contribution in [0.1, 0.15) is 44.1 Å². The van der Waals surface area contributed by atoms with Crippen LogP contribution in [0.2, 0.25) is 5.02 Å². The van der Waals surface area contributed by atoms with Gasteiger partial charge in [-0.25, -0.2) is 4.39 Å². The maximum absolute atomic E-state index is 17.2. The fourth-order valence-electron chi connectivity index (χ4n) is 8.77. The average molecular weight is 626 g/mol. The molecule has 0 amide bonds. The van der Waals surface area contributed by atoms with Crippen molar-refractivity contribution in [2.45, 2.75) is 62.2 Å². The second-order valence-electron chi connectivity index (χ2n) is 13.2. The Hall–Kier alpha value is -3.84. The van der Waals surface area contributed by atoms with Gasteiger partial charge in [-0.2, -0.15) is 9.97 Å². The van der Waals surface area contributed by atoms with Gasteiger partial charge in [-0.15, -0.1) is 6.42 Å². The zero-order chi connectivity index (χ0) is 30.4. The van der Waals surface area contributed by atoms with E-state index in [1.54, 1.807) is 12.1 Å². The van der Waals surface area contributed by atoms with E-state index in [0.717, 1.165) is 58.2 Å². The third kappa shape index (κ3) is 4.05. The first-order valence-corrected chi connectivity index (χ1v) is 16.3. The molecule has 2 N–H and O–H groups in total. The number of nitrogens with zero attached hydrogens (tertiary/aromatic N) is 4. The third-order valence-electron chi connectivity index (χ3n) is 10.8. The molecule has 0 saturated carbocycles. The van der Waals surface area contributed by atoms with Crippen molar-refractivity contribution in [3.8, 4) is 41.0 Å². The summed E-state index contributed by atoms with van der Waals surface area (Å²) in [7, 11) is 0. The van der Waals surface area contributed by atoms with Crippen molar-refractivity contribution in [2.75, 3.05) is 37.7 Å². The summed E-state index contributed by atoms with van der Waals surface area (Å²) < 4.78 is 30.2. The number of terminal acetylenes is 1. The Labute approximate surface area is 265 Å². The SMILES string of the molecule is C#Cc1cccc2cc(O)cc(-c3c(Cl)c4c5c(nc(OCC67CCCN6CCC7)nc5c3F)N3CC5CCC(N5)C3CO4)c12. The molecule has 6 heterocycles. The van der Waals surface area contributed by atoms with Crippen LogP contribution in [0, 0.1) is 18.2 Å². The Morgan fingerprint density at radius 3 is 2.84 bits per heavy atom. The average Bonchev–Trinajstić information content (AvgIpc) is 3.71. The lowest BCUT2D eigenvalue weighted by Gasteiger charge is -2.40. The molecule has 4 saturated heterocycles. The van der Waals surface area contributed by atoms with E-state index in [2.05, 4.69) is 21.0 Å². The zero-order valence-electron chi connectivity index (χ0n) is 24.8. The molecule has 230 valence electrons. The largest absolute Gasteiger partial charge is 0.508 e. The molecule has 0 spiro atoms. The summed E-state index contributed by atoms with van der Waals surface area (Å²) in [6, 6.07) is 9.22. The Kier molecular flexibility index (Phi) is 6.15. The van der Waals surface area contributed by atoms with Gasteiger partial charge in [0.15, 0.2) is 11.6 Å². The second kappa shape index (κ2) is 10.1. The second-order valence-corrected chi connectivity index (χ2v) is 13.6. The lowest BCUT2D eigenvalue weighted by molar-refractivity contribution is 0.108. The molecule has 5 aliphatic heterocycles. The fourth-order valence-corrected chi connectivity index (χ4v) is 9.11. The van der Waals surface area contributed by atoms with Gasteiger partial charge >= 0.3 is 6.01 Å². The molecule has 1 aromatic heterocycles. The molecular formula is C35H33ClFN5O3. The Balaban J connectivity index is 1.28. The normalized spacial score (nSPS) is 24.7. The molecule has 10 heteroatoms. The van der Waals surface area contributed by atoms with E-state index in [1.807, 2.05) is 12.1 Å².